The molecule has 4 rings (SSSR count). The Hall–Kier alpha value is -2.67. The van der Waals surface area contributed by atoms with Gasteiger partial charge in [-0.3, -0.25) is 4.90 Å². The zero-order valence-electron chi connectivity index (χ0n) is 13.5. The molecule has 0 radical (unpaired) electrons. The van der Waals surface area contributed by atoms with Crippen LogP contribution in [0.15, 0.2) is 47.5 Å². The number of ether oxygens (including phenoxy) is 1. The fraction of sp³-hybridized carbons (Fsp3) is 0.353. The molecule has 1 unspecified atom stereocenters. The van der Waals surface area contributed by atoms with Crippen molar-refractivity contribution in [3.8, 4) is 5.88 Å². The molecular formula is C17H19N5O2. The first-order valence-corrected chi connectivity index (χ1v) is 7.97. The van der Waals surface area contributed by atoms with Crippen molar-refractivity contribution in [1.82, 2.24) is 24.6 Å². The second kappa shape index (κ2) is 6.45. The normalized spacial score (nSPS) is 17.6. The fourth-order valence-electron chi connectivity index (χ4n) is 3.05. The summed E-state index contributed by atoms with van der Waals surface area (Å²) in [4.78, 5) is 10.8. The number of fused-ring (bicyclic) bond motifs is 1. The van der Waals surface area contributed by atoms with E-state index in [4.69, 9.17) is 9.26 Å². The lowest BCUT2D eigenvalue weighted by Gasteiger charge is -2.33. The van der Waals surface area contributed by atoms with Gasteiger partial charge in [0.25, 0.3) is 0 Å². The Labute approximate surface area is 139 Å². The Bertz CT molecular complexity index is 798. The summed E-state index contributed by atoms with van der Waals surface area (Å²) in [6, 6.07) is 7.83. The molecule has 0 spiro atoms. The number of rotatable bonds is 5. The minimum atomic E-state index is 0.186. The lowest BCUT2D eigenvalue weighted by atomic mass is 10.2. The van der Waals surface area contributed by atoms with Crippen LogP contribution in [0.3, 0.4) is 0 Å². The molecule has 124 valence electrons. The van der Waals surface area contributed by atoms with Crippen LogP contribution in [-0.2, 0) is 13.1 Å². The topological polar surface area (TPSA) is 69.2 Å². The standard InChI is InChI=1S/C17H19N5O2/c1-13-6-14(20-24-13)8-21-9-15-7-18-12-22(15)16(10-21)11-23-17-4-2-3-5-19-17/h2-7,12,16H,8-11H2,1H3. The van der Waals surface area contributed by atoms with Crippen molar-refractivity contribution < 1.29 is 9.26 Å². The molecule has 0 N–H and O–H groups in total. The predicted molar refractivity (Wildman–Crippen MR) is 86.4 cm³/mol. The van der Waals surface area contributed by atoms with Gasteiger partial charge in [-0.2, -0.15) is 0 Å². The van der Waals surface area contributed by atoms with Crippen molar-refractivity contribution in [2.75, 3.05) is 13.2 Å². The third-order valence-electron chi connectivity index (χ3n) is 4.12. The highest BCUT2D eigenvalue weighted by atomic mass is 16.5. The number of hydrogen-bond acceptors (Lipinski definition) is 6. The summed E-state index contributed by atoms with van der Waals surface area (Å²) >= 11 is 0. The molecule has 0 aromatic carbocycles. The highest BCUT2D eigenvalue weighted by molar-refractivity contribution is 5.11. The Morgan fingerprint density at radius 1 is 1.38 bits per heavy atom. The van der Waals surface area contributed by atoms with Crippen molar-refractivity contribution in [3.63, 3.8) is 0 Å². The maximum absolute atomic E-state index is 5.85. The summed E-state index contributed by atoms with van der Waals surface area (Å²) in [5, 5.41) is 4.09. The summed E-state index contributed by atoms with van der Waals surface area (Å²) < 4.78 is 13.2. The molecule has 4 heterocycles. The Kier molecular flexibility index (Phi) is 4.00. The molecule has 3 aromatic rings. The van der Waals surface area contributed by atoms with Crippen molar-refractivity contribution in [1.29, 1.82) is 0 Å². The van der Waals surface area contributed by atoms with Crippen LogP contribution in [0, 0.1) is 6.92 Å². The van der Waals surface area contributed by atoms with E-state index in [1.807, 2.05) is 43.7 Å². The van der Waals surface area contributed by atoms with Crippen LogP contribution in [0.1, 0.15) is 23.2 Å². The number of pyridine rings is 1. The summed E-state index contributed by atoms with van der Waals surface area (Å²) in [6.45, 7) is 4.91. The van der Waals surface area contributed by atoms with E-state index in [-0.39, 0.29) is 6.04 Å². The predicted octanol–water partition coefficient (Wildman–Crippen LogP) is 2.21. The minimum absolute atomic E-state index is 0.186. The SMILES string of the molecule is Cc1cc(CN2Cc3cncn3C(COc3ccccn3)C2)no1. The largest absolute Gasteiger partial charge is 0.475 e. The van der Waals surface area contributed by atoms with E-state index in [2.05, 4.69) is 24.6 Å². The Morgan fingerprint density at radius 2 is 2.33 bits per heavy atom. The molecule has 7 heteroatoms. The number of hydrogen-bond donors (Lipinski definition) is 0. The summed E-state index contributed by atoms with van der Waals surface area (Å²) in [5.41, 5.74) is 2.13. The van der Waals surface area contributed by atoms with Crippen molar-refractivity contribution in [2.24, 2.45) is 0 Å². The first kappa shape index (κ1) is 14.9. The molecule has 3 aromatic heterocycles. The first-order valence-electron chi connectivity index (χ1n) is 7.97. The second-order valence-electron chi connectivity index (χ2n) is 6.02. The molecule has 0 bridgehead atoms. The van der Waals surface area contributed by atoms with Gasteiger partial charge in [0.1, 0.15) is 12.4 Å². The van der Waals surface area contributed by atoms with Gasteiger partial charge in [0.2, 0.25) is 5.88 Å². The maximum atomic E-state index is 5.85. The first-order chi connectivity index (χ1) is 11.8. The van der Waals surface area contributed by atoms with Crippen LogP contribution in [-0.4, -0.2) is 37.7 Å². The van der Waals surface area contributed by atoms with Gasteiger partial charge in [-0.15, -0.1) is 0 Å². The van der Waals surface area contributed by atoms with Crippen LogP contribution in [0.25, 0.3) is 0 Å². The molecule has 24 heavy (non-hydrogen) atoms. The van der Waals surface area contributed by atoms with Gasteiger partial charge in [0.15, 0.2) is 0 Å². The maximum Gasteiger partial charge on any atom is 0.213 e. The molecular weight excluding hydrogens is 306 g/mol. The Morgan fingerprint density at radius 3 is 3.12 bits per heavy atom. The second-order valence-corrected chi connectivity index (χ2v) is 6.02. The smallest absolute Gasteiger partial charge is 0.213 e. The van der Waals surface area contributed by atoms with Gasteiger partial charge in [0, 0.05) is 44.2 Å². The molecule has 0 saturated carbocycles. The van der Waals surface area contributed by atoms with Crippen LogP contribution in [0.5, 0.6) is 5.88 Å². The molecule has 7 nitrogen and oxygen atoms in total. The average Bonchev–Trinajstić information content (AvgIpc) is 3.22. The number of nitrogens with zero attached hydrogens (tertiary/aromatic N) is 5. The van der Waals surface area contributed by atoms with Crippen LogP contribution >= 0.6 is 0 Å². The third-order valence-corrected chi connectivity index (χ3v) is 4.12. The highest BCUT2D eigenvalue weighted by Gasteiger charge is 2.26. The molecule has 0 aliphatic carbocycles. The number of aromatic nitrogens is 4. The van der Waals surface area contributed by atoms with Gasteiger partial charge in [-0.05, 0) is 13.0 Å². The molecule has 1 aliphatic rings. The quantitative estimate of drug-likeness (QED) is 0.716. The van der Waals surface area contributed by atoms with Gasteiger partial charge in [0.05, 0.1) is 23.8 Å². The van der Waals surface area contributed by atoms with Gasteiger partial charge in [-0.25, -0.2) is 9.97 Å². The van der Waals surface area contributed by atoms with E-state index in [0.29, 0.717) is 12.5 Å². The van der Waals surface area contributed by atoms with Crippen LogP contribution in [0.2, 0.25) is 0 Å². The minimum Gasteiger partial charge on any atom is -0.475 e. The van der Waals surface area contributed by atoms with Gasteiger partial charge in [-0.1, -0.05) is 11.2 Å². The molecule has 0 fully saturated rings. The van der Waals surface area contributed by atoms with Gasteiger partial charge >= 0.3 is 0 Å². The summed E-state index contributed by atoms with van der Waals surface area (Å²) in [5.74, 6) is 1.48. The molecule has 0 saturated heterocycles. The van der Waals surface area contributed by atoms with E-state index < -0.39 is 0 Å². The van der Waals surface area contributed by atoms with E-state index in [1.54, 1.807) is 6.20 Å². The zero-order valence-corrected chi connectivity index (χ0v) is 13.5. The van der Waals surface area contributed by atoms with E-state index >= 15 is 0 Å². The van der Waals surface area contributed by atoms with Crippen molar-refractivity contribution in [2.45, 2.75) is 26.1 Å². The van der Waals surface area contributed by atoms with Crippen LogP contribution in [0.4, 0.5) is 0 Å². The number of aryl methyl sites for hydroxylation is 1. The summed E-state index contributed by atoms with van der Waals surface area (Å²) in [6.07, 6.45) is 5.52. The third kappa shape index (κ3) is 3.16. The monoisotopic (exact) mass is 325 g/mol. The lowest BCUT2D eigenvalue weighted by molar-refractivity contribution is 0.132. The fourth-order valence-corrected chi connectivity index (χ4v) is 3.05. The van der Waals surface area contributed by atoms with E-state index in [0.717, 1.165) is 31.1 Å². The molecule has 1 aliphatic heterocycles. The Balaban J connectivity index is 1.46. The van der Waals surface area contributed by atoms with Crippen LogP contribution < -0.4 is 4.74 Å². The molecule has 0 amide bonds. The van der Waals surface area contributed by atoms with Crippen molar-refractivity contribution in [3.05, 3.63) is 60.1 Å². The molecule has 1 atom stereocenters. The zero-order chi connectivity index (χ0) is 16.4. The average molecular weight is 325 g/mol. The van der Waals surface area contributed by atoms with E-state index in [9.17, 15) is 0 Å². The lowest BCUT2D eigenvalue weighted by Crippen LogP contribution is -2.39. The van der Waals surface area contributed by atoms with E-state index in [1.165, 1.54) is 5.69 Å². The number of imidazole rings is 1. The highest BCUT2D eigenvalue weighted by Crippen LogP contribution is 2.23. The van der Waals surface area contributed by atoms with Gasteiger partial charge < -0.3 is 13.8 Å². The summed E-state index contributed by atoms with van der Waals surface area (Å²) in [7, 11) is 0. The van der Waals surface area contributed by atoms with Crippen molar-refractivity contribution >= 4 is 0 Å².